The molecule has 5 nitrogen and oxygen atoms in total. The SMILES string of the molecule is O=S(=O)(NC(C1CCCO1)C1(CO)CCC1)C1CC1. The van der Waals surface area contributed by atoms with E-state index in [0.29, 0.717) is 6.61 Å². The Labute approximate surface area is 114 Å². The minimum absolute atomic E-state index is 0.0463. The summed E-state index contributed by atoms with van der Waals surface area (Å²) in [6.45, 7) is 0.749. The number of sulfonamides is 1. The van der Waals surface area contributed by atoms with Crippen molar-refractivity contribution in [3.8, 4) is 0 Å². The van der Waals surface area contributed by atoms with E-state index < -0.39 is 10.0 Å². The standard InChI is InChI=1S/C13H23NO4S/c15-9-13(6-2-7-13)12(11-3-1-8-18-11)14-19(16,17)10-4-5-10/h10-12,14-15H,1-9H2. The molecule has 2 N–H and O–H groups in total. The predicted molar refractivity (Wildman–Crippen MR) is 71.2 cm³/mol. The molecule has 3 aliphatic rings. The van der Waals surface area contributed by atoms with Gasteiger partial charge in [0.2, 0.25) is 10.0 Å². The van der Waals surface area contributed by atoms with E-state index in [4.69, 9.17) is 4.74 Å². The number of hydrogen-bond donors (Lipinski definition) is 2. The molecule has 3 fully saturated rings. The van der Waals surface area contributed by atoms with Crippen LogP contribution in [-0.2, 0) is 14.8 Å². The summed E-state index contributed by atoms with van der Waals surface area (Å²) in [5, 5.41) is 9.51. The Morgan fingerprint density at radius 3 is 2.42 bits per heavy atom. The Bertz CT molecular complexity index is 416. The van der Waals surface area contributed by atoms with Gasteiger partial charge in [0.1, 0.15) is 0 Å². The summed E-state index contributed by atoms with van der Waals surface area (Å²) in [4.78, 5) is 0. The summed E-state index contributed by atoms with van der Waals surface area (Å²) >= 11 is 0. The van der Waals surface area contributed by atoms with E-state index in [1.54, 1.807) is 0 Å². The van der Waals surface area contributed by atoms with Crippen molar-refractivity contribution in [2.45, 2.75) is 62.3 Å². The van der Waals surface area contributed by atoms with Gasteiger partial charge in [0.05, 0.1) is 24.0 Å². The van der Waals surface area contributed by atoms with Gasteiger partial charge in [-0.1, -0.05) is 6.42 Å². The molecule has 0 aromatic carbocycles. The first-order valence-electron chi connectivity index (χ1n) is 7.31. The topological polar surface area (TPSA) is 75.6 Å². The molecule has 0 spiro atoms. The average Bonchev–Trinajstić information content (AvgIpc) is 3.05. The van der Waals surface area contributed by atoms with E-state index in [0.717, 1.165) is 44.9 Å². The highest BCUT2D eigenvalue weighted by atomic mass is 32.2. The summed E-state index contributed by atoms with van der Waals surface area (Å²) < 4.78 is 33.0. The van der Waals surface area contributed by atoms with E-state index in [2.05, 4.69) is 4.72 Å². The van der Waals surface area contributed by atoms with E-state index in [1.807, 2.05) is 0 Å². The zero-order chi connectivity index (χ0) is 13.5. The Morgan fingerprint density at radius 1 is 1.26 bits per heavy atom. The lowest BCUT2D eigenvalue weighted by atomic mass is 9.63. The molecule has 0 amide bonds. The summed E-state index contributed by atoms with van der Waals surface area (Å²) in [5.74, 6) is 0. The van der Waals surface area contributed by atoms with Crippen molar-refractivity contribution < 1.29 is 18.3 Å². The third kappa shape index (κ3) is 2.55. The van der Waals surface area contributed by atoms with Gasteiger partial charge in [-0.2, -0.15) is 0 Å². The molecule has 0 radical (unpaired) electrons. The van der Waals surface area contributed by atoms with Crippen molar-refractivity contribution in [1.29, 1.82) is 0 Å². The lowest BCUT2D eigenvalue weighted by Gasteiger charge is -2.48. The summed E-state index contributed by atoms with van der Waals surface area (Å²) in [7, 11) is -3.23. The number of ether oxygens (including phenoxy) is 1. The van der Waals surface area contributed by atoms with E-state index in [-0.39, 0.29) is 29.4 Å². The maximum Gasteiger partial charge on any atom is 0.214 e. The Morgan fingerprint density at radius 2 is 2.00 bits per heavy atom. The maximum absolute atomic E-state index is 12.2. The first-order valence-corrected chi connectivity index (χ1v) is 8.86. The molecule has 1 saturated heterocycles. The van der Waals surface area contributed by atoms with Crippen molar-refractivity contribution >= 4 is 10.0 Å². The highest BCUT2D eigenvalue weighted by Gasteiger charge is 2.51. The molecule has 1 heterocycles. The molecule has 0 aromatic heterocycles. The molecule has 110 valence electrons. The van der Waals surface area contributed by atoms with Gasteiger partial charge < -0.3 is 9.84 Å². The number of hydrogen-bond acceptors (Lipinski definition) is 4. The van der Waals surface area contributed by atoms with E-state index >= 15 is 0 Å². The van der Waals surface area contributed by atoms with Crippen molar-refractivity contribution in [2.75, 3.05) is 13.2 Å². The Balaban J connectivity index is 1.79. The van der Waals surface area contributed by atoms with Crippen LogP contribution in [0.3, 0.4) is 0 Å². The van der Waals surface area contributed by atoms with Gasteiger partial charge in [-0.15, -0.1) is 0 Å². The van der Waals surface area contributed by atoms with Crippen LogP contribution < -0.4 is 4.72 Å². The third-order valence-electron chi connectivity index (χ3n) is 4.92. The molecule has 3 rings (SSSR count). The largest absolute Gasteiger partial charge is 0.396 e. The number of aliphatic hydroxyl groups is 1. The Hall–Kier alpha value is -0.170. The highest BCUT2D eigenvalue weighted by Crippen LogP contribution is 2.46. The van der Waals surface area contributed by atoms with Crippen LogP contribution in [0.5, 0.6) is 0 Å². The minimum Gasteiger partial charge on any atom is -0.396 e. The van der Waals surface area contributed by atoms with Gasteiger partial charge in [-0.3, -0.25) is 0 Å². The molecule has 0 bridgehead atoms. The first-order chi connectivity index (χ1) is 9.07. The van der Waals surface area contributed by atoms with Crippen LogP contribution in [0.4, 0.5) is 0 Å². The molecule has 2 aliphatic carbocycles. The summed E-state index contributed by atoms with van der Waals surface area (Å²) in [6.07, 6.45) is 6.17. The lowest BCUT2D eigenvalue weighted by Crippen LogP contribution is -2.59. The van der Waals surface area contributed by atoms with Crippen LogP contribution in [0.1, 0.15) is 44.9 Å². The van der Waals surface area contributed by atoms with Crippen molar-refractivity contribution in [1.82, 2.24) is 4.72 Å². The fourth-order valence-electron chi connectivity index (χ4n) is 3.31. The normalized spacial score (nSPS) is 31.9. The Kier molecular flexibility index (Phi) is 3.62. The van der Waals surface area contributed by atoms with Crippen LogP contribution in [0.2, 0.25) is 0 Å². The number of aliphatic hydroxyl groups excluding tert-OH is 1. The molecule has 0 aromatic rings. The van der Waals surface area contributed by atoms with Gasteiger partial charge in [-0.25, -0.2) is 13.1 Å². The smallest absolute Gasteiger partial charge is 0.214 e. The fourth-order valence-corrected chi connectivity index (χ4v) is 5.02. The molecule has 2 unspecified atom stereocenters. The van der Waals surface area contributed by atoms with Crippen LogP contribution >= 0.6 is 0 Å². The van der Waals surface area contributed by atoms with Crippen molar-refractivity contribution in [2.24, 2.45) is 5.41 Å². The lowest BCUT2D eigenvalue weighted by molar-refractivity contribution is -0.0429. The second-order valence-corrected chi connectivity index (χ2v) is 8.26. The number of rotatable bonds is 6. The van der Waals surface area contributed by atoms with Gasteiger partial charge in [-0.05, 0) is 38.5 Å². The number of nitrogens with one attached hydrogen (secondary N) is 1. The maximum atomic E-state index is 12.2. The van der Waals surface area contributed by atoms with E-state index in [1.165, 1.54) is 0 Å². The predicted octanol–water partition coefficient (Wildman–Crippen LogP) is 0.778. The van der Waals surface area contributed by atoms with Crippen LogP contribution in [-0.4, -0.2) is 44.1 Å². The fraction of sp³-hybridized carbons (Fsp3) is 1.00. The van der Waals surface area contributed by atoms with Crippen LogP contribution in [0.25, 0.3) is 0 Å². The average molecular weight is 289 g/mol. The molecule has 2 saturated carbocycles. The quantitative estimate of drug-likeness (QED) is 0.757. The van der Waals surface area contributed by atoms with Crippen molar-refractivity contribution in [3.63, 3.8) is 0 Å². The summed E-state index contributed by atoms with van der Waals surface area (Å²) in [5.41, 5.74) is -0.295. The minimum atomic E-state index is -3.23. The highest BCUT2D eigenvalue weighted by molar-refractivity contribution is 7.90. The third-order valence-corrected chi connectivity index (χ3v) is 6.85. The molecular formula is C13H23NO4S. The van der Waals surface area contributed by atoms with Gasteiger partial charge in [0, 0.05) is 12.0 Å². The van der Waals surface area contributed by atoms with Gasteiger partial charge >= 0.3 is 0 Å². The molecule has 19 heavy (non-hydrogen) atoms. The second kappa shape index (κ2) is 4.98. The molecular weight excluding hydrogens is 266 g/mol. The van der Waals surface area contributed by atoms with Crippen LogP contribution in [0.15, 0.2) is 0 Å². The van der Waals surface area contributed by atoms with Crippen molar-refractivity contribution in [3.05, 3.63) is 0 Å². The van der Waals surface area contributed by atoms with Crippen LogP contribution in [0, 0.1) is 5.41 Å². The first kappa shape index (κ1) is 13.8. The molecule has 6 heteroatoms. The molecule has 2 atom stereocenters. The van der Waals surface area contributed by atoms with Gasteiger partial charge in [0.25, 0.3) is 0 Å². The summed E-state index contributed by atoms with van der Waals surface area (Å²) in [6, 6.07) is -0.251. The van der Waals surface area contributed by atoms with E-state index in [9.17, 15) is 13.5 Å². The second-order valence-electron chi connectivity index (χ2n) is 6.27. The zero-order valence-corrected chi connectivity index (χ0v) is 12.0. The zero-order valence-electron chi connectivity index (χ0n) is 11.2. The van der Waals surface area contributed by atoms with Gasteiger partial charge in [0.15, 0.2) is 0 Å². The monoisotopic (exact) mass is 289 g/mol. The molecule has 1 aliphatic heterocycles.